The molecule has 19 heavy (non-hydrogen) atoms. The van der Waals surface area contributed by atoms with Crippen LogP contribution in [0.4, 0.5) is 5.69 Å². The Balaban J connectivity index is 1.92. The van der Waals surface area contributed by atoms with Crippen molar-refractivity contribution in [1.82, 2.24) is 0 Å². The molecule has 0 fully saturated rings. The fourth-order valence-corrected chi connectivity index (χ4v) is 3.23. The van der Waals surface area contributed by atoms with Gasteiger partial charge in [-0.3, -0.25) is 4.79 Å². The molecule has 1 aliphatic rings. The van der Waals surface area contributed by atoms with Crippen LogP contribution in [-0.4, -0.2) is 11.0 Å². The van der Waals surface area contributed by atoms with E-state index >= 15 is 0 Å². The van der Waals surface area contributed by atoms with Crippen LogP contribution in [0.15, 0.2) is 30.3 Å². The van der Waals surface area contributed by atoms with Crippen molar-refractivity contribution in [3.8, 4) is 0 Å². The Morgan fingerprint density at radius 3 is 2.84 bits per heavy atom. The van der Waals surface area contributed by atoms with E-state index in [9.17, 15) is 9.90 Å². The van der Waals surface area contributed by atoms with E-state index in [1.165, 1.54) is 4.88 Å². The van der Waals surface area contributed by atoms with Gasteiger partial charge in [-0.1, -0.05) is 12.1 Å². The summed E-state index contributed by atoms with van der Waals surface area (Å²) in [5.74, 6) is 0.0645. The summed E-state index contributed by atoms with van der Waals surface area (Å²) in [7, 11) is 0. The second-order valence-electron chi connectivity index (χ2n) is 4.82. The molecule has 0 bridgehead atoms. The maximum Gasteiger partial charge on any atom is 0.224 e. The minimum Gasteiger partial charge on any atom is -0.383 e. The summed E-state index contributed by atoms with van der Waals surface area (Å²) in [6, 6.07) is 9.73. The summed E-state index contributed by atoms with van der Waals surface area (Å²) in [4.78, 5) is 13.5. The molecule has 2 aromatic rings. The molecule has 1 amide bonds. The predicted molar refractivity (Wildman–Crippen MR) is 76.5 cm³/mol. The predicted octanol–water partition coefficient (Wildman–Crippen LogP) is 3.02. The Kier molecular flexibility index (Phi) is 3.12. The Morgan fingerprint density at radius 2 is 2.11 bits per heavy atom. The highest BCUT2D eigenvalue weighted by molar-refractivity contribution is 7.12. The number of thiophene rings is 1. The average Bonchev–Trinajstić information content (AvgIpc) is 2.84. The lowest BCUT2D eigenvalue weighted by Crippen LogP contribution is -2.19. The van der Waals surface area contributed by atoms with Crippen LogP contribution in [0.3, 0.4) is 0 Å². The van der Waals surface area contributed by atoms with Gasteiger partial charge in [-0.25, -0.2) is 0 Å². The molecular formula is C15H15NO2S. The van der Waals surface area contributed by atoms with E-state index in [1.807, 2.05) is 37.3 Å². The number of aliphatic hydroxyl groups excluding tert-OH is 1. The van der Waals surface area contributed by atoms with Crippen molar-refractivity contribution in [2.45, 2.75) is 25.9 Å². The van der Waals surface area contributed by atoms with Gasteiger partial charge < -0.3 is 10.4 Å². The summed E-state index contributed by atoms with van der Waals surface area (Å²) in [5.41, 5.74) is 2.86. The molecule has 3 rings (SSSR count). The number of rotatable bonds is 2. The molecule has 0 saturated heterocycles. The number of hydrogen-bond acceptors (Lipinski definition) is 3. The average molecular weight is 273 g/mol. The van der Waals surface area contributed by atoms with E-state index in [-0.39, 0.29) is 5.91 Å². The first kappa shape index (κ1) is 12.4. The van der Waals surface area contributed by atoms with Gasteiger partial charge in [0.05, 0.1) is 0 Å². The number of carbonyl (C=O) groups excluding carboxylic acids is 1. The molecule has 0 saturated carbocycles. The van der Waals surface area contributed by atoms with Gasteiger partial charge in [0, 0.05) is 21.9 Å². The number of carbonyl (C=O) groups is 1. The summed E-state index contributed by atoms with van der Waals surface area (Å²) in [6.07, 6.45) is 0.678. The van der Waals surface area contributed by atoms with Gasteiger partial charge in [0.1, 0.15) is 6.10 Å². The highest BCUT2D eigenvalue weighted by Crippen LogP contribution is 2.31. The Morgan fingerprint density at radius 1 is 1.26 bits per heavy atom. The van der Waals surface area contributed by atoms with Gasteiger partial charge in [0.2, 0.25) is 5.91 Å². The zero-order valence-corrected chi connectivity index (χ0v) is 11.5. The lowest BCUT2D eigenvalue weighted by Gasteiger charge is -2.19. The molecule has 98 valence electrons. The number of anilines is 1. The second-order valence-corrected chi connectivity index (χ2v) is 6.14. The quantitative estimate of drug-likeness (QED) is 0.883. The van der Waals surface area contributed by atoms with Crippen LogP contribution < -0.4 is 5.32 Å². The van der Waals surface area contributed by atoms with Crippen LogP contribution in [0.25, 0.3) is 0 Å². The number of hydrogen-bond donors (Lipinski definition) is 2. The first-order valence-electron chi connectivity index (χ1n) is 6.30. The number of nitrogens with one attached hydrogen (secondary N) is 1. The van der Waals surface area contributed by atoms with Gasteiger partial charge in [0.25, 0.3) is 0 Å². The van der Waals surface area contributed by atoms with Gasteiger partial charge in [0.15, 0.2) is 0 Å². The highest BCUT2D eigenvalue weighted by Gasteiger charge is 2.18. The first-order chi connectivity index (χ1) is 9.13. The first-order valence-corrected chi connectivity index (χ1v) is 7.12. The summed E-state index contributed by atoms with van der Waals surface area (Å²) < 4.78 is 0. The van der Waals surface area contributed by atoms with Crippen LogP contribution in [0.1, 0.15) is 33.4 Å². The van der Waals surface area contributed by atoms with Gasteiger partial charge in [-0.05, 0) is 42.7 Å². The molecule has 0 spiro atoms. The summed E-state index contributed by atoms with van der Waals surface area (Å²) in [6.45, 7) is 2.03. The third kappa shape index (κ3) is 2.41. The van der Waals surface area contributed by atoms with Crippen LogP contribution >= 0.6 is 11.3 Å². The molecule has 1 aliphatic heterocycles. The number of aliphatic hydroxyl groups is 1. The van der Waals surface area contributed by atoms with Crippen LogP contribution in [0, 0.1) is 6.92 Å². The van der Waals surface area contributed by atoms with Gasteiger partial charge >= 0.3 is 0 Å². The highest BCUT2D eigenvalue weighted by atomic mass is 32.1. The summed E-state index contributed by atoms with van der Waals surface area (Å²) >= 11 is 1.61. The monoisotopic (exact) mass is 273 g/mol. The largest absolute Gasteiger partial charge is 0.383 e. The van der Waals surface area contributed by atoms with Crippen molar-refractivity contribution >= 4 is 22.9 Å². The van der Waals surface area contributed by atoms with E-state index in [4.69, 9.17) is 0 Å². The van der Waals surface area contributed by atoms with E-state index in [2.05, 4.69) is 5.32 Å². The van der Waals surface area contributed by atoms with Gasteiger partial charge in [-0.15, -0.1) is 11.3 Å². The maximum absolute atomic E-state index is 11.3. The molecule has 2 N–H and O–H groups in total. The maximum atomic E-state index is 11.3. The summed E-state index contributed by atoms with van der Waals surface area (Å²) in [5, 5.41) is 13.2. The van der Waals surface area contributed by atoms with E-state index in [0.29, 0.717) is 6.42 Å². The van der Waals surface area contributed by atoms with Crippen molar-refractivity contribution in [3.63, 3.8) is 0 Å². The Bertz CT molecular complexity index is 633. The lowest BCUT2D eigenvalue weighted by atomic mass is 9.98. The smallest absolute Gasteiger partial charge is 0.224 e. The zero-order valence-electron chi connectivity index (χ0n) is 10.6. The topological polar surface area (TPSA) is 49.3 Å². The van der Waals surface area contributed by atoms with Crippen LogP contribution in [0.5, 0.6) is 0 Å². The fraction of sp³-hybridized carbons (Fsp3) is 0.267. The normalized spacial score (nSPS) is 15.8. The number of amides is 1. The van der Waals surface area contributed by atoms with Crippen molar-refractivity contribution in [1.29, 1.82) is 0 Å². The SMILES string of the molecule is Cc1ccc(C(O)c2ccc3c(c2)CCC(=O)N3)s1. The molecule has 0 aliphatic carbocycles. The van der Waals surface area contributed by atoms with Gasteiger partial charge in [-0.2, -0.15) is 0 Å². The molecule has 0 radical (unpaired) electrons. The second kappa shape index (κ2) is 4.79. The van der Waals surface area contributed by atoms with E-state index < -0.39 is 6.10 Å². The minimum atomic E-state index is -0.582. The minimum absolute atomic E-state index is 0.0645. The number of aryl methyl sites for hydroxylation is 2. The van der Waals surface area contributed by atoms with Crippen molar-refractivity contribution in [2.75, 3.05) is 5.32 Å². The zero-order chi connectivity index (χ0) is 13.4. The van der Waals surface area contributed by atoms with Crippen LogP contribution in [-0.2, 0) is 11.2 Å². The molecule has 1 unspecified atom stereocenters. The van der Waals surface area contributed by atoms with E-state index in [1.54, 1.807) is 11.3 Å². The lowest BCUT2D eigenvalue weighted by molar-refractivity contribution is -0.116. The van der Waals surface area contributed by atoms with Crippen LogP contribution in [0.2, 0.25) is 0 Å². The number of benzene rings is 1. The van der Waals surface area contributed by atoms with Crippen molar-refractivity contribution in [2.24, 2.45) is 0 Å². The number of fused-ring (bicyclic) bond motifs is 1. The fourth-order valence-electron chi connectivity index (χ4n) is 2.34. The molecule has 1 aromatic carbocycles. The molecule has 1 atom stereocenters. The van der Waals surface area contributed by atoms with E-state index in [0.717, 1.165) is 28.1 Å². The van der Waals surface area contributed by atoms with Crippen molar-refractivity contribution in [3.05, 3.63) is 51.2 Å². The van der Waals surface area contributed by atoms with Crippen molar-refractivity contribution < 1.29 is 9.90 Å². The molecule has 2 heterocycles. The molecule has 1 aromatic heterocycles. The Labute approximate surface area is 115 Å². The Hall–Kier alpha value is -1.65. The third-order valence-corrected chi connectivity index (χ3v) is 4.42. The third-order valence-electron chi connectivity index (χ3n) is 3.37. The molecular weight excluding hydrogens is 258 g/mol. The molecule has 4 heteroatoms. The molecule has 3 nitrogen and oxygen atoms in total. The standard InChI is InChI=1S/C15H15NO2S/c1-9-2-6-13(19-9)15(18)11-3-5-12-10(8-11)4-7-14(17)16-12/h2-3,5-6,8,15,18H,4,7H2,1H3,(H,16,17).